The second kappa shape index (κ2) is 9.64. The van der Waals surface area contributed by atoms with E-state index in [0.717, 1.165) is 0 Å². The summed E-state index contributed by atoms with van der Waals surface area (Å²) in [6.45, 7) is 5.18. The van der Waals surface area contributed by atoms with E-state index in [1.807, 2.05) is 0 Å². The average Bonchev–Trinajstić information content (AvgIpc) is 2.75. The maximum Gasteiger partial charge on any atom is 0.338 e. The molecule has 2 aromatic rings. The molecule has 0 fully saturated rings. The van der Waals surface area contributed by atoms with Crippen LogP contribution in [0.15, 0.2) is 42.5 Å². The van der Waals surface area contributed by atoms with Gasteiger partial charge in [0.15, 0.2) is 11.9 Å². The van der Waals surface area contributed by atoms with Crippen LogP contribution in [0.2, 0.25) is 0 Å². The first-order valence-electron chi connectivity index (χ1n) is 10.4. The molecule has 0 aliphatic carbocycles. The molecule has 8 heteroatoms. The summed E-state index contributed by atoms with van der Waals surface area (Å²) in [7, 11) is 1.63. The van der Waals surface area contributed by atoms with Gasteiger partial charge in [-0.3, -0.25) is 14.4 Å². The summed E-state index contributed by atoms with van der Waals surface area (Å²) in [4.78, 5) is 50.5. The number of amides is 2. The molecule has 1 atom stereocenters. The van der Waals surface area contributed by atoms with E-state index in [1.54, 1.807) is 64.2 Å². The number of anilines is 2. The number of fused-ring (bicyclic) bond motifs is 1. The number of rotatable bonds is 7. The van der Waals surface area contributed by atoms with Gasteiger partial charge < -0.3 is 19.7 Å². The van der Waals surface area contributed by atoms with E-state index in [2.05, 4.69) is 5.32 Å². The van der Waals surface area contributed by atoms with Gasteiger partial charge in [0.25, 0.3) is 5.91 Å². The van der Waals surface area contributed by atoms with Gasteiger partial charge >= 0.3 is 5.97 Å². The molecule has 1 aliphatic rings. The van der Waals surface area contributed by atoms with Crippen molar-refractivity contribution in [1.29, 1.82) is 0 Å². The van der Waals surface area contributed by atoms with Crippen molar-refractivity contribution in [1.82, 2.24) is 0 Å². The number of ether oxygens (including phenoxy) is 2. The Kier molecular flexibility index (Phi) is 6.92. The van der Waals surface area contributed by atoms with Crippen molar-refractivity contribution in [3.05, 3.63) is 53.6 Å². The molecule has 1 N–H and O–H groups in total. The SMILES string of the molecule is CC(C)OC(=O)c1cccc(NC(=O)CCC(=O)c2ccc3c(c2)N(C)C(=O)C(C)O3)c1. The lowest BCUT2D eigenvalue weighted by Crippen LogP contribution is -2.42. The Morgan fingerprint density at radius 1 is 1.09 bits per heavy atom. The van der Waals surface area contributed by atoms with Gasteiger partial charge in [0.1, 0.15) is 5.75 Å². The van der Waals surface area contributed by atoms with Crippen LogP contribution in [0.3, 0.4) is 0 Å². The third kappa shape index (κ3) is 5.32. The highest BCUT2D eigenvalue weighted by atomic mass is 16.5. The molecule has 1 aliphatic heterocycles. The van der Waals surface area contributed by atoms with Crippen LogP contribution in [0, 0.1) is 0 Å². The number of likely N-dealkylation sites (N-methyl/N-ethyl adjacent to an activating group) is 1. The number of ketones is 1. The Hall–Kier alpha value is -3.68. The lowest BCUT2D eigenvalue weighted by Gasteiger charge is -2.30. The van der Waals surface area contributed by atoms with Crippen molar-refractivity contribution < 1.29 is 28.7 Å². The van der Waals surface area contributed by atoms with Crippen molar-refractivity contribution in [2.24, 2.45) is 0 Å². The molecule has 168 valence electrons. The van der Waals surface area contributed by atoms with Gasteiger partial charge in [0, 0.05) is 31.1 Å². The lowest BCUT2D eigenvalue weighted by molar-refractivity contribution is -0.125. The summed E-state index contributed by atoms with van der Waals surface area (Å²) >= 11 is 0. The zero-order valence-corrected chi connectivity index (χ0v) is 18.5. The molecule has 8 nitrogen and oxygen atoms in total. The van der Waals surface area contributed by atoms with Gasteiger partial charge in [0.05, 0.1) is 17.4 Å². The van der Waals surface area contributed by atoms with Crippen LogP contribution in [-0.2, 0) is 14.3 Å². The quantitative estimate of drug-likeness (QED) is 0.524. The molecule has 1 heterocycles. The topological polar surface area (TPSA) is 102 Å². The normalized spacial score (nSPS) is 15.1. The molecule has 32 heavy (non-hydrogen) atoms. The molecule has 3 rings (SSSR count). The average molecular weight is 438 g/mol. The van der Waals surface area contributed by atoms with E-state index >= 15 is 0 Å². The molecule has 2 aromatic carbocycles. The predicted molar refractivity (Wildman–Crippen MR) is 119 cm³/mol. The number of nitrogens with one attached hydrogen (secondary N) is 1. The second-order valence-electron chi connectivity index (χ2n) is 7.85. The van der Waals surface area contributed by atoms with E-state index in [4.69, 9.17) is 9.47 Å². The molecule has 0 saturated heterocycles. The Balaban J connectivity index is 1.60. The number of esters is 1. The van der Waals surface area contributed by atoms with Gasteiger partial charge in [0.2, 0.25) is 5.91 Å². The molecule has 0 spiro atoms. The van der Waals surface area contributed by atoms with E-state index in [0.29, 0.717) is 28.3 Å². The fourth-order valence-electron chi connectivity index (χ4n) is 3.29. The standard InChI is InChI=1S/C24H26N2O6/c1-14(2)31-24(30)17-6-5-7-18(12-17)25-22(28)11-9-20(27)16-8-10-21-19(13-16)26(4)23(29)15(3)32-21/h5-8,10,12-15H,9,11H2,1-4H3,(H,25,28). The Morgan fingerprint density at radius 3 is 2.56 bits per heavy atom. The molecule has 0 saturated carbocycles. The maximum absolute atomic E-state index is 12.6. The van der Waals surface area contributed by atoms with Crippen LogP contribution in [0.1, 0.15) is 54.3 Å². The minimum atomic E-state index is -0.580. The minimum absolute atomic E-state index is 0.00533. The Morgan fingerprint density at radius 2 is 1.84 bits per heavy atom. The third-order valence-corrected chi connectivity index (χ3v) is 4.93. The van der Waals surface area contributed by atoms with Crippen LogP contribution in [0.5, 0.6) is 5.75 Å². The van der Waals surface area contributed by atoms with Gasteiger partial charge in [-0.25, -0.2) is 4.79 Å². The number of hydrogen-bond acceptors (Lipinski definition) is 6. The highest BCUT2D eigenvalue weighted by Crippen LogP contribution is 2.34. The van der Waals surface area contributed by atoms with Crippen LogP contribution >= 0.6 is 0 Å². The van der Waals surface area contributed by atoms with E-state index in [-0.39, 0.29) is 36.5 Å². The van der Waals surface area contributed by atoms with Crippen molar-refractivity contribution in [2.75, 3.05) is 17.3 Å². The fourth-order valence-corrected chi connectivity index (χ4v) is 3.29. The van der Waals surface area contributed by atoms with E-state index < -0.39 is 12.1 Å². The maximum atomic E-state index is 12.6. The molecule has 0 aromatic heterocycles. The monoisotopic (exact) mass is 438 g/mol. The Bertz CT molecular complexity index is 1060. The first-order valence-corrected chi connectivity index (χ1v) is 10.4. The van der Waals surface area contributed by atoms with E-state index in [9.17, 15) is 19.2 Å². The molecule has 2 amide bonds. The highest BCUT2D eigenvalue weighted by Gasteiger charge is 2.29. The number of carbonyl (C=O) groups excluding carboxylic acids is 4. The summed E-state index contributed by atoms with van der Waals surface area (Å²) in [6, 6.07) is 11.3. The van der Waals surface area contributed by atoms with E-state index in [1.165, 1.54) is 11.0 Å². The molecular weight excluding hydrogens is 412 g/mol. The summed E-state index contributed by atoms with van der Waals surface area (Å²) in [5, 5.41) is 2.69. The zero-order valence-electron chi connectivity index (χ0n) is 18.5. The largest absolute Gasteiger partial charge is 0.479 e. The van der Waals surface area contributed by atoms with Gasteiger partial charge in [-0.15, -0.1) is 0 Å². The number of hydrogen-bond donors (Lipinski definition) is 1. The minimum Gasteiger partial charge on any atom is -0.479 e. The second-order valence-corrected chi connectivity index (χ2v) is 7.85. The van der Waals surface area contributed by atoms with Crippen molar-refractivity contribution in [2.45, 2.75) is 45.8 Å². The van der Waals surface area contributed by atoms with Gasteiger partial charge in [-0.2, -0.15) is 0 Å². The first-order chi connectivity index (χ1) is 15.2. The van der Waals surface area contributed by atoms with Gasteiger partial charge in [-0.05, 0) is 57.2 Å². The van der Waals surface area contributed by atoms with Crippen LogP contribution in [0.4, 0.5) is 11.4 Å². The lowest BCUT2D eigenvalue weighted by atomic mass is 10.0. The van der Waals surface area contributed by atoms with Gasteiger partial charge in [-0.1, -0.05) is 6.07 Å². The Labute approximate surface area is 186 Å². The number of Topliss-reactive ketones (excluding diaryl/α,β-unsaturated/α-hetero) is 1. The van der Waals surface area contributed by atoms with Crippen molar-refractivity contribution in [3.63, 3.8) is 0 Å². The summed E-state index contributed by atoms with van der Waals surface area (Å²) in [6.07, 6.45) is -0.861. The first kappa shape index (κ1) is 23.0. The molecular formula is C24H26N2O6. The van der Waals surface area contributed by atoms with Crippen molar-refractivity contribution >= 4 is 34.9 Å². The molecule has 0 bridgehead atoms. The zero-order chi connectivity index (χ0) is 23.4. The highest BCUT2D eigenvalue weighted by molar-refractivity contribution is 6.04. The fraction of sp³-hybridized carbons (Fsp3) is 0.333. The number of carbonyl (C=O) groups is 4. The van der Waals surface area contributed by atoms with Crippen molar-refractivity contribution in [3.8, 4) is 5.75 Å². The number of nitrogens with zero attached hydrogens (tertiary/aromatic N) is 1. The molecule has 1 unspecified atom stereocenters. The number of benzene rings is 2. The third-order valence-electron chi connectivity index (χ3n) is 4.93. The summed E-state index contributed by atoms with van der Waals surface area (Å²) < 4.78 is 10.7. The summed E-state index contributed by atoms with van der Waals surface area (Å²) in [5.41, 5.74) is 1.69. The molecule has 0 radical (unpaired) electrons. The van der Waals surface area contributed by atoms with Crippen LogP contribution in [0.25, 0.3) is 0 Å². The predicted octanol–water partition coefficient (Wildman–Crippen LogP) is 3.60. The smallest absolute Gasteiger partial charge is 0.338 e. The summed E-state index contributed by atoms with van der Waals surface area (Å²) in [5.74, 6) is -0.710. The van der Waals surface area contributed by atoms with Crippen LogP contribution in [-0.4, -0.2) is 42.8 Å². The van der Waals surface area contributed by atoms with Crippen LogP contribution < -0.4 is 15.0 Å².